The summed E-state index contributed by atoms with van der Waals surface area (Å²) in [6.07, 6.45) is -0.0229. The van der Waals surface area contributed by atoms with Crippen LogP contribution in [0.4, 0.5) is 11.4 Å². The average molecular weight is 283 g/mol. The molecule has 0 bridgehead atoms. The fourth-order valence-corrected chi connectivity index (χ4v) is 2.06. The summed E-state index contributed by atoms with van der Waals surface area (Å²) >= 11 is 3.38. The lowest BCUT2D eigenvalue weighted by Crippen LogP contribution is -2.25. The van der Waals surface area contributed by atoms with Crippen molar-refractivity contribution in [2.45, 2.75) is 13.3 Å². The second-order valence-electron chi connectivity index (χ2n) is 3.86. The number of halogens is 1. The first-order chi connectivity index (χ1) is 7.49. The molecule has 2 rings (SSSR count). The van der Waals surface area contributed by atoms with E-state index in [-0.39, 0.29) is 24.7 Å². The van der Waals surface area contributed by atoms with E-state index in [0.717, 1.165) is 10.0 Å². The zero-order valence-electron chi connectivity index (χ0n) is 8.79. The summed E-state index contributed by atoms with van der Waals surface area (Å²) < 4.78 is 0.879. The highest BCUT2D eigenvalue weighted by Crippen LogP contribution is 2.31. The second kappa shape index (κ2) is 3.90. The van der Waals surface area contributed by atoms with Crippen LogP contribution in [-0.4, -0.2) is 18.2 Å². The number of nitrogen functional groups attached to an aromatic ring is 1. The maximum atomic E-state index is 11.6. The quantitative estimate of drug-likeness (QED) is 0.629. The molecule has 0 atom stereocenters. The third-order valence-corrected chi connectivity index (χ3v) is 3.44. The van der Waals surface area contributed by atoms with Crippen LogP contribution in [-0.2, 0) is 9.59 Å². The van der Waals surface area contributed by atoms with E-state index >= 15 is 0 Å². The van der Waals surface area contributed by atoms with Gasteiger partial charge in [0.15, 0.2) is 5.78 Å². The first-order valence-corrected chi connectivity index (χ1v) is 5.66. The maximum Gasteiger partial charge on any atom is 0.234 e. The van der Waals surface area contributed by atoms with Crippen molar-refractivity contribution in [1.29, 1.82) is 0 Å². The van der Waals surface area contributed by atoms with Crippen molar-refractivity contribution in [3.8, 4) is 0 Å². The summed E-state index contributed by atoms with van der Waals surface area (Å²) in [7, 11) is 0. The Morgan fingerprint density at radius 2 is 2.06 bits per heavy atom. The molecule has 0 unspecified atom stereocenters. The van der Waals surface area contributed by atoms with Gasteiger partial charge in [0.1, 0.15) is 0 Å². The Morgan fingerprint density at radius 1 is 1.38 bits per heavy atom. The number of hydrogen-bond donors (Lipinski definition) is 1. The molecule has 1 aliphatic rings. The molecule has 1 saturated heterocycles. The van der Waals surface area contributed by atoms with Crippen LogP contribution in [0.1, 0.15) is 12.0 Å². The smallest absolute Gasteiger partial charge is 0.234 e. The second-order valence-corrected chi connectivity index (χ2v) is 4.71. The molecule has 1 aromatic carbocycles. The Morgan fingerprint density at radius 3 is 2.62 bits per heavy atom. The summed E-state index contributed by atoms with van der Waals surface area (Å²) in [5.41, 5.74) is 7.97. The molecule has 0 spiro atoms. The van der Waals surface area contributed by atoms with Gasteiger partial charge >= 0.3 is 0 Å². The molecule has 0 radical (unpaired) electrons. The highest BCUT2D eigenvalue weighted by Gasteiger charge is 2.29. The lowest BCUT2D eigenvalue weighted by atomic mass is 10.2. The fourth-order valence-electron chi connectivity index (χ4n) is 1.73. The lowest BCUT2D eigenvalue weighted by molar-refractivity contribution is -0.121. The number of anilines is 2. The van der Waals surface area contributed by atoms with E-state index < -0.39 is 0 Å². The molecule has 1 fully saturated rings. The third-order valence-electron chi connectivity index (χ3n) is 2.58. The standard InChI is InChI=1S/C11H11BrN2O2/c1-6-2-9(13)10(4-8(6)12)14-5-7(15)3-11(14)16/h2,4H,3,5,13H2,1H3. The molecule has 4 nitrogen and oxygen atoms in total. The van der Waals surface area contributed by atoms with Gasteiger partial charge in [0.05, 0.1) is 24.3 Å². The number of carbonyl (C=O) groups is 2. The number of rotatable bonds is 1. The predicted molar refractivity (Wildman–Crippen MR) is 65.3 cm³/mol. The van der Waals surface area contributed by atoms with E-state index in [9.17, 15) is 9.59 Å². The average Bonchev–Trinajstić information content (AvgIpc) is 2.51. The van der Waals surface area contributed by atoms with Crippen molar-refractivity contribution >= 4 is 39.0 Å². The highest BCUT2D eigenvalue weighted by atomic mass is 79.9. The van der Waals surface area contributed by atoms with Crippen LogP contribution in [0.5, 0.6) is 0 Å². The molecule has 1 heterocycles. The van der Waals surface area contributed by atoms with Gasteiger partial charge in [-0.05, 0) is 24.6 Å². The molecular formula is C11H11BrN2O2. The molecule has 2 N–H and O–H groups in total. The van der Waals surface area contributed by atoms with Gasteiger partial charge in [0.2, 0.25) is 5.91 Å². The first kappa shape index (κ1) is 11.1. The summed E-state index contributed by atoms with van der Waals surface area (Å²) in [5.74, 6) is -0.256. The topological polar surface area (TPSA) is 63.4 Å². The van der Waals surface area contributed by atoms with Crippen LogP contribution < -0.4 is 10.6 Å². The molecule has 1 aliphatic heterocycles. The summed E-state index contributed by atoms with van der Waals surface area (Å²) in [4.78, 5) is 24.2. The van der Waals surface area contributed by atoms with Gasteiger partial charge in [0, 0.05) is 4.47 Å². The van der Waals surface area contributed by atoms with Crippen LogP contribution in [0.15, 0.2) is 16.6 Å². The van der Waals surface area contributed by atoms with Gasteiger partial charge in [-0.3, -0.25) is 9.59 Å². The van der Waals surface area contributed by atoms with Gasteiger partial charge in [-0.1, -0.05) is 15.9 Å². The first-order valence-electron chi connectivity index (χ1n) is 4.86. The summed E-state index contributed by atoms with van der Waals surface area (Å²) in [6.45, 7) is 2.04. The molecule has 1 aromatic rings. The van der Waals surface area contributed by atoms with Crippen molar-refractivity contribution < 1.29 is 9.59 Å². The Labute approximate surface area is 102 Å². The van der Waals surface area contributed by atoms with Gasteiger partial charge in [-0.2, -0.15) is 0 Å². The number of nitrogens with two attached hydrogens (primary N) is 1. The number of aryl methyl sites for hydroxylation is 1. The van der Waals surface area contributed by atoms with Crippen molar-refractivity contribution in [2.75, 3.05) is 17.2 Å². The van der Waals surface area contributed by atoms with Crippen molar-refractivity contribution in [3.63, 3.8) is 0 Å². The van der Waals surface area contributed by atoms with Crippen LogP contribution in [0, 0.1) is 6.92 Å². The monoisotopic (exact) mass is 282 g/mol. The summed E-state index contributed by atoms with van der Waals surface area (Å²) in [5, 5.41) is 0. The van der Waals surface area contributed by atoms with E-state index in [2.05, 4.69) is 15.9 Å². The third kappa shape index (κ3) is 1.82. The number of amides is 1. The van der Waals surface area contributed by atoms with Gasteiger partial charge in [0.25, 0.3) is 0 Å². The zero-order chi connectivity index (χ0) is 11.9. The molecule has 16 heavy (non-hydrogen) atoms. The number of nitrogens with zero attached hydrogens (tertiary/aromatic N) is 1. The number of Topliss-reactive ketones (excluding diaryl/α,β-unsaturated/α-hetero) is 1. The SMILES string of the molecule is Cc1cc(N)c(N2CC(=O)CC2=O)cc1Br. The number of hydrogen-bond acceptors (Lipinski definition) is 3. The van der Waals surface area contributed by atoms with Crippen LogP contribution in [0.2, 0.25) is 0 Å². The van der Waals surface area contributed by atoms with E-state index in [4.69, 9.17) is 5.73 Å². The normalized spacial score (nSPS) is 16.0. The van der Waals surface area contributed by atoms with E-state index in [1.54, 1.807) is 12.1 Å². The maximum absolute atomic E-state index is 11.6. The fraction of sp³-hybridized carbons (Fsp3) is 0.273. The Hall–Kier alpha value is -1.36. The predicted octanol–water partition coefficient (Wildman–Crippen LogP) is 1.65. The Kier molecular flexibility index (Phi) is 2.71. The van der Waals surface area contributed by atoms with Crippen molar-refractivity contribution in [2.24, 2.45) is 0 Å². The van der Waals surface area contributed by atoms with E-state index in [1.807, 2.05) is 6.92 Å². The Bertz CT molecular complexity index is 485. The highest BCUT2D eigenvalue weighted by molar-refractivity contribution is 9.10. The van der Waals surface area contributed by atoms with Crippen LogP contribution >= 0.6 is 15.9 Å². The largest absolute Gasteiger partial charge is 0.397 e. The molecule has 0 aromatic heterocycles. The minimum absolute atomic E-state index is 0.0229. The van der Waals surface area contributed by atoms with Crippen molar-refractivity contribution in [1.82, 2.24) is 0 Å². The van der Waals surface area contributed by atoms with Gasteiger partial charge in [-0.15, -0.1) is 0 Å². The number of carbonyl (C=O) groups excluding carboxylic acids is 2. The minimum Gasteiger partial charge on any atom is -0.397 e. The molecular weight excluding hydrogens is 272 g/mol. The summed E-state index contributed by atoms with van der Waals surface area (Å²) in [6, 6.07) is 3.57. The van der Waals surface area contributed by atoms with Gasteiger partial charge < -0.3 is 10.6 Å². The lowest BCUT2D eigenvalue weighted by Gasteiger charge is -2.18. The number of ketones is 1. The van der Waals surface area contributed by atoms with E-state index in [0.29, 0.717) is 11.4 Å². The van der Waals surface area contributed by atoms with E-state index in [1.165, 1.54) is 4.90 Å². The van der Waals surface area contributed by atoms with Crippen LogP contribution in [0.3, 0.4) is 0 Å². The molecule has 84 valence electrons. The minimum atomic E-state index is -0.188. The molecule has 0 saturated carbocycles. The number of benzene rings is 1. The van der Waals surface area contributed by atoms with Crippen molar-refractivity contribution in [3.05, 3.63) is 22.2 Å². The van der Waals surface area contributed by atoms with Gasteiger partial charge in [-0.25, -0.2) is 0 Å². The van der Waals surface area contributed by atoms with Crippen LogP contribution in [0.25, 0.3) is 0 Å². The zero-order valence-corrected chi connectivity index (χ0v) is 10.4. The molecule has 5 heteroatoms. The molecule has 0 aliphatic carbocycles. The molecule has 1 amide bonds. The Balaban J connectivity index is 2.45.